The molecular formula is C31H31NO3. The van der Waals surface area contributed by atoms with Gasteiger partial charge in [-0.25, -0.2) is 0 Å². The number of ketones is 1. The van der Waals surface area contributed by atoms with Crippen LogP contribution < -0.4 is 4.74 Å². The van der Waals surface area contributed by atoms with Crippen molar-refractivity contribution < 1.29 is 14.3 Å². The number of hydrogen-bond donors (Lipinski definition) is 0. The number of likely N-dealkylation sites (tertiary alicyclic amines) is 1. The molecule has 1 aliphatic carbocycles. The first-order valence-corrected chi connectivity index (χ1v) is 12.2. The number of rotatable bonds is 5. The van der Waals surface area contributed by atoms with Crippen molar-refractivity contribution in [1.29, 1.82) is 0 Å². The Bertz CT molecular complexity index is 1310. The minimum Gasteiger partial charge on any atom is -0.497 e. The molecule has 2 aliphatic rings. The highest BCUT2D eigenvalue weighted by molar-refractivity contribution is 6.19. The highest BCUT2D eigenvalue weighted by Crippen LogP contribution is 2.52. The Hall–Kier alpha value is -3.66. The van der Waals surface area contributed by atoms with Crippen LogP contribution in [0.2, 0.25) is 0 Å². The van der Waals surface area contributed by atoms with Crippen LogP contribution in [-0.2, 0) is 17.8 Å². The highest BCUT2D eigenvalue weighted by Gasteiger charge is 2.60. The van der Waals surface area contributed by atoms with Crippen LogP contribution in [0.25, 0.3) is 5.57 Å². The van der Waals surface area contributed by atoms with Crippen molar-refractivity contribution in [2.45, 2.75) is 33.2 Å². The van der Waals surface area contributed by atoms with Gasteiger partial charge in [-0.2, -0.15) is 0 Å². The van der Waals surface area contributed by atoms with Crippen LogP contribution in [-0.4, -0.2) is 30.2 Å². The summed E-state index contributed by atoms with van der Waals surface area (Å²) in [6, 6.07) is 21.9. The minimum absolute atomic E-state index is 0.0942. The third-order valence-corrected chi connectivity index (χ3v) is 7.62. The molecule has 0 N–H and O–H groups in total. The highest BCUT2D eigenvalue weighted by atomic mass is 16.5. The SMILES string of the molecule is C=C(c1cc(C)cc(C)c1)[C@@H]1CCN(Cc2ccccc2)C(=O)[C@]12Cc1ccc(OC)cc1C2=O. The number of carbonyl (C=O) groups excluding carboxylic acids is 2. The minimum atomic E-state index is -1.18. The maximum absolute atomic E-state index is 14.3. The second-order valence-electron chi connectivity index (χ2n) is 9.96. The number of ether oxygens (including phenoxy) is 1. The summed E-state index contributed by atoms with van der Waals surface area (Å²) in [6.45, 7) is 9.70. The number of amides is 1. The molecule has 1 aliphatic heterocycles. The van der Waals surface area contributed by atoms with Gasteiger partial charge in [0.2, 0.25) is 5.91 Å². The van der Waals surface area contributed by atoms with Crippen molar-refractivity contribution in [3.8, 4) is 5.75 Å². The van der Waals surface area contributed by atoms with Crippen molar-refractivity contribution >= 4 is 17.3 Å². The molecule has 0 aromatic heterocycles. The summed E-state index contributed by atoms with van der Waals surface area (Å²) in [5.41, 5.74) is 5.56. The Morgan fingerprint density at radius 1 is 1.03 bits per heavy atom. The number of allylic oxidation sites excluding steroid dienone is 1. The number of Topliss-reactive ketones (excluding diaryl/α,β-unsaturated/α-hetero) is 1. The molecule has 1 spiro atoms. The van der Waals surface area contributed by atoms with E-state index in [0.29, 0.717) is 37.2 Å². The Kier molecular flexibility index (Phi) is 5.84. The predicted octanol–water partition coefficient (Wildman–Crippen LogP) is 5.80. The lowest BCUT2D eigenvalue weighted by Gasteiger charge is -2.45. The molecule has 1 saturated heterocycles. The van der Waals surface area contributed by atoms with E-state index in [4.69, 9.17) is 4.74 Å². The van der Waals surface area contributed by atoms with E-state index in [1.807, 2.05) is 47.4 Å². The number of nitrogens with zero attached hydrogens (tertiary/aromatic N) is 1. The molecule has 1 heterocycles. The van der Waals surface area contributed by atoms with Gasteiger partial charge in [-0.1, -0.05) is 72.3 Å². The fourth-order valence-electron chi connectivity index (χ4n) is 5.97. The van der Waals surface area contributed by atoms with Crippen LogP contribution in [0.1, 0.15) is 44.6 Å². The molecule has 0 saturated carbocycles. The molecule has 0 bridgehead atoms. The summed E-state index contributed by atoms with van der Waals surface area (Å²) in [7, 11) is 1.59. The molecule has 5 rings (SSSR count). The van der Waals surface area contributed by atoms with Crippen molar-refractivity contribution in [3.63, 3.8) is 0 Å². The van der Waals surface area contributed by atoms with Gasteiger partial charge >= 0.3 is 0 Å². The summed E-state index contributed by atoms with van der Waals surface area (Å²) in [5, 5.41) is 0. The van der Waals surface area contributed by atoms with Crippen LogP contribution in [0.3, 0.4) is 0 Å². The molecule has 1 amide bonds. The van der Waals surface area contributed by atoms with Gasteiger partial charge in [-0.05, 0) is 61.1 Å². The molecule has 0 radical (unpaired) electrons. The zero-order valence-corrected chi connectivity index (χ0v) is 20.6. The van der Waals surface area contributed by atoms with Gasteiger partial charge in [0.05, 0.1) is 7.11 Å². The maximum Gasteiger partial charge on any atom is 0.237 e. The Labute approximate surface area is 207 Å². The number of methoxy groups -OCH3 is 1. The summed E-state index contributed by atoms with van der Waals surface area (Å²) in [4.78, 5) is 30.3. The van der Waals surface area contributed by atoms with Gasteiger partial charge in [-0.3, -0.25) is 9.59 Å². The van der Waals surface area contributed by atoms with E-state index in [1.165, 1.54) is 0 Å². The number of carbonyl (C=O) groups is 2. The van der Waals surface area contributed by atoms with Crippen molar-refractivity contribution in [1.82, 2.24) is 4.90 Å². The van der Waals surface area contributed by atoms with Crippen LogP contribution in [0.4, 0.5) is 0 Å². The van der Waals surface area contributed by atoms with Gasteiger partial charge in [0.25, 0.3) is 0 Å². The van der Waals surface area contributed by atoms with Crippen LogP contribution in [0.5, 0.6) is 5.75 Å². The molecule has 4 heteroatoms. The molecule has 4 nitrogen and oxygen atoms in total. The van der Waals surface area contributed by atoms with Gasteiger partial charge in [-0.15, -0.1) is 0 Å². The summed E-state index contributed by atoms with van der Waals surface area (Å²) >= 11 is 0. The first kappa shape index (κ1) is 23.1. The van der Waals surface area contributed by atoms with E-state index >= 15 is 0 Å². The third-order valence-electron chi connectivity index (χ3n) is 7.62. The van der Waals surface area contributed by atoms with Crippen LogP contribution >= 0.6 is 0 Å². The molecule has 1 fully saturated rings. The molecule has 178 valence electrons. The van der Waals surface area contributed by atoms with Crippen molar-refractivity contribution in [3.05, 3.63) is 107 Å². The van der Waals surface area contributed by atoms with Crippen LogP contribution in [0, 0.1) is 25.2 Å². The molecule has 0 unspecified atom stereocenters. The van der Waals surface area contributed by atoms with E-state index in [1.54, 1.807) is 13.2 Å². The molecular weight excluding hydrogens is 434 g/mol. The lowest BCUT2D eigenvalue weighted by atomic mass is 9.63. The summed E-state index contributed by atoms with van der Waals surface area (Å²) in [5.74, 6) is 0.158. The normalized spacial score (nSPS) is 21.3. The number of benzene rings is 3. The van der Waals surface area contributed by atoms with Crippen molar-refractivity contribution in [2.75, 3.05) is 13.7 Å². The van der Waals surface area contributed by atoms with E-state index < -0.39 is 5.41 Å². The average Bonchev–Trinajstić information content (AvgIpc) is 3.14. The average molecular weight is 466 g/mol. The van der Waals surface area contributed by atoms with Gasteiger partial charge < -0.3 is 9.64 Å². The topological polar surface area (TPSA) is 46.6 Å². The quantitative estimate of drug-likeness (QED) is 0.448. The maximum atomic E-state index is 14.3. The zero-order chi connectivity index (χ0) is 24.7. The fourth-order valence-corrected chi connectivity index (χ4v) is 5.97. The monoisotopic (exact) mass is 465 g/mol. The predicted molar refractivity (Wildman–Crippen MR) is 138 cm³/mol. The van der Waals surface area contributed by atoms with Gasteiger partial charge in [0.1, 0.15) is 11.2 Å². The number of hydrogen-bond acceptors (Lipinski definition) is 3. The first-order chi connectivity index (χ1) is 16.8. The Morgan fingerprint density at radius 3 is 2.43 bits per heavy atom. The first-order valence-electron chi connectivity index (χ1n) is 12.2. The molecule has 2 atom stereocenters. The van der Waals surface area contributed by atoms with E-state index in [2.05, 4.69) is 38.6 Å². The Balaban J connectivity index is 1.59. The fraction of sp³-hybridized carbons (Fsp3) is 0.290. The molecule has 35 heavy (non-hydrogen) atoms. The lowest BCUT2D eigenvalue weighted by Crippen LogP contribution is -2.56. The Morgan fingerprint density at radius 2 is 1.74 bits per heavy atom. The third kappa shape index (κ3) is 3.87. The standard InChI is InChI=1S/C31H31NO3/c1-20-14-21(2)16-25(15-20)22(3)28-12-13-32(19-23-8-6-5-7-9-23)30(34)31(28)18-24-10-11-26(35-4)17-27(24)29(31)33/h5-11,14-17,28H,3,12-13,18-19H2,1-2,4H3/t28-,31+/m0/s1. The van der Waals surface area contributed by atoms with E-state index in [0.717, 1.165) is 33.4 Å². The second-order valence-corrected chi connectivity index (χ2v) is 9.96. The van der Waals surface area contributed by atoms with Gasteiger partial charge in [0, 0.05) is 24.6 Å². The van der Waals surface area contributed by atoms with Crippen molar-refractivity contribution in [2.24, 2.45) is 11.3 Å². The van der Waals surface area contributed by atoms with E-state index in [-0.39, 0.29) is 17.6 Å². The molecule has 3 aromatic rings. The zero-order valence-electron chi connectivity index (χ0n) is 20.6. The van der Waals surface area contributed by atoms with Gasteiger partial charge in [0.15, 0.2) is 5.78 Å². The number of piperidine rings is 1. The lowest BCUT2D eigenvalue weighted by molar-refractivity contribution is -0.145. The summed E-state index contributed by atoms with van der Waals surface area (Å²) < 4.78 is 5.40. The molecule has 3 aromatic carbocycles. The second kappa shape index (κ2) is 8.84. The number of aryl methyl sites for hydroxylation is 2. The van der Waals surface area contributed by atoms with E-state index in [9.17, 15) is 9.59 Å². The van der Waals surface area contributed by atoms with Crippen LogP contribution in [0.15, 0.2) is 73.3 Å². The summed E-state index contributed by atoms with van der Waals surface area (Å²) in [6.07, 6.45) is 1.09. The number of fused-ring (bicyclic) bond motifs is 1. The smallest absolute Gasteiger partial charge is 0.237 e. The largest absolute Gasteiger partial charge is 0.497 e.